The first-order chi connectivity index (χ1) is 18.1. The summed E-state index contributed by atoms with van der Waals surface area (Å²) in [5, 5.41) is 8.59. The summed E-state index contributed by atoms with van der Waals surface area (Å²) in [6.45, 7) is 17.5. The zero-order chi connectivity index (χ0) is 26.8. The number of fused-ring (bicyclic) bond motifs is 3. The smallest absolute Gasteiger partial charge is 0.296 e. The van der Waals surface area contributed by atoms with Gasteiger partial charge in [0, 0.05) is 30.4 Å². The SMILES string of the molecule is C=CCc1c(Cl)c(-n2cc3c(n2)CNC3)nc2nc(O[C@@H]3CO[C@H]4[C@@H]3OC[C@H]4O[Si](C)(C)C(C)(C)C)[nH]c12. The Balaban J connectivity index is 1.24. The summed E-state index contributed by atoms with van der Waals surface area (Å²) in [6.07, 6.45) is 3.52. The fraction of sp³-hybridized carbons (Fsp3) is 0.577. The van der Waals surface area contributed by atoms with E-state index in [1.165, 1.54) is 0 Å². The Bertz CT molecular complexity index is 1360. The van der Waals surface area contributed by atoms with Crippen LogP contribution >= 0.6 is 11.6 Å². The minimum absolute atomic E-state index is 0.0988. The molecule has 3 aromatic rings. The second-order valence-corrected chi connectivity index (χ2v) is 16.9. The van der Waals surface area contributed by atoms with Gasteiger partial charge in [-0.25, -0.2) is 9.67 Å². The Labute approximate surface area is 228 Å². The van der Waals surface area contributed by atoms with Gasteiger partial charge in [-0.1, -0.05) is 38.4 Å². The van der Waals surface area contributed by atoms with Gasteiger partial charge in [-0.05, 0) is 24.6 Å². The first-order valence-electron chi connectivity index (χ1n) is 13.1. The lowest BCUT2D eigenvalue weighted by molar-refractivity contribution is 0.0116. The van der Waals surface area contributed by atoms with Gasteiger partial charge in [-0.15, -0.1) is 6.58 Å². The molecule has 0 unspecified atom stereocenters. The largest absolute Gasteiger partial charge is 0.456 e. The van der Waals surface area contributed by atoms with Crippen LogP contribution in [-0.4, -0.2) is 70.7 Å². The van der Waals surface area contributed by atoms with Gasteiger partial charge in [0.2, 0.25) is 0 Å². The van der Waals surface area contributed by atoms with Crippen LogP contribution in [0.1, 0.15) is 37.6 Å². The minimum Gasteiger partial charge on any atom is -0.456 e. The number of ether oxygens (including phenoxy) is 3. The number of halogens is 1. The van der Waals surface area contributed by atoms with Crippen LogP contribution in [0, 0.1) is 0 Å². The van der Waals surface area contributed by atoms with Gasteiger partial charge in [-0.2, -0.15) is 10.1 Å². The van der Waals surface area contributed by atoms with Gasteiger partial charge in [0.05, 0.1) is 35.6 Å². The van der Waals surface area contributed by atoms with Gasteiger partial charge in [0.25, 0.3) is 6.01 Å². The van der Waals surface area contributed by atoms with Gasteiger partial charge >= 0.3 is 0 Å². The maximum absolute atomic E-state index is 6.85. The lowest BCUT2D eigenvalue weighted by Crippen LogP contribution is -2.47. The molecule has 0 saturated carbocycles. The standard InChI is InChI=1S/C26H35ClN6O4Si/c1-7-8-15-19(27)24(33-11-14-9-28-10-16(14)32-33)30-23-20(15)29-25(31-23)36-17-12-34-22-18(13-35-21(17)22)37-38(5,6)26(2,3)4/h7,11,17-18,21-22,28H,1,8-10,12-13H2,2-6H3,(H,29,30,31)/t17-,18-,21-,22-/m1/s1. The molecule has 0 spiro atoms. The zero-order valence-electron chi connectivity index (χ0n) is 22.5. The molecule has 38 heavy (non-hydrogen) atoms. The topological polar surface area (TPSA) is 108 Å². The highest BCUT2D eigenvalue weighted by Gasteiger charge is 2.52. The highest BCUT2D eigenvalue weighted by Crippen LogP contribution is 2.40. The van der Waals surface area contributed by atoms with E-state index >= 15 is 0 Å². The molecular weight excluding hydrogens is 524 g/mol. The summed E-state index contributed by atoms with van der Waals surface area (Å²) in [4.78, 5) is 12.7. The fourth-order valence-corrected chi connectivity index (χ4v) is 6.68. The third kappa shape index (κ3) is 4.39. The summed E-state index contributed by atoms with van der Waals surface area (Å²) in [5.74, 6) is 0.539. The third-order valence-electron chi connectivity index (χ3n) is 8.17. The van der Waals surface area contributed by atoms with Gasteiger partial charge in [0.15, 0.2) is 25.9 Å². The highest BCUT2D eigenvalue weighted by atomic mass is 35.5. The van der Waals surface area contributed by atoms with Crippen molar-refractivity contribution in [2.24, 2.45) is 0 Å². The Hall–Kier alpha value is -2.28. The van der Waals surface area contributed by atoms with E-state index in [1.807, 2.05) is 12.3 Å². The molecule has 12 heteroatoms. The average Bonchev–Trinajstić information content (AvgIpc) is 3.63. The molecule has 2 N–H and O–H groups in total. The summed E-state index contributed by atoms with van der Waals surface area (Å²) in [7, 11) is -1.96. The van der Waals surface area contributed by atoms with E-state index in [-0.39, 0.29) is 29.5 Å². The Morgan fingerprint density at radius 2 is 1.92 bits per heavy atom. The van der Waals surface area contributed by atoms with E-state index in [9.17, 15) is 0 Å². The van der Waals surface area contributed by atoms with Crippen molar-refractivity contribution in [2.75, 3.05) is 13.2 Å². The van der Waals surface area contributed by atoms with Crippen LogP contribution in [0.25, 0.3) is 17.0 Å². The lowest BCUT2D eigenvalue weighted by atomic mass is 10.1. The predicted molar refractivity (Wildman–Crippen MR) is 146 cm³/mol. The molecule has 0 aliphatic carbocycles. The van der Waals surface area contributed by atoms with Crippen LogP contribution in [0.5, 0.6) is 6.01 Å². The van der Waals surface area contributed by atoms with Crippen LogP contribution in [0.3, 0.4) is 0 Å². The van der Waals surface area contributed by atoms with Crippen molar-refractivity contribution in [1.82, 2.24) is 30.0 Å². The van der Waals surface area contributed by atoms with Gasteiger partial charge in [-0.3, -0.25) is 0 Å². The molecule has 0 aromatic carbocycles. The van der Waals surface area contributed by atoms with E-state index in [2.05, 4.69) is 60.8 Å². The molecule has 3 aliphatic rings. The van der Waals surface area contributed by atoms with Crippen molar-refractivity contribution in [3.8, 4) is 11.8 Å². The number of nitrogens with one attached hydrogen (secondary N) is 2. The van der Waals surface area contributed by atoms with Crippen LogP contribution in [-0.2, 0) is 33.4 Å². The van der Waals surface area contributed by atoms with E-state index in [1.54, 1.807) is 4.68 Å². The molecule has 204 valence electrons. The van der Waals surface area contributed by atoms with E-state index in [0.717, 1.165) is 35.4 Å². The Morgan fingerprint density at radius 3 is 2.63 bits per heavy atom. The second kappa shape index (κ2) is 9.42. The van der Waals surface area contributed by atoms with E-state index in [0.29, 0.717) is 42.1 Å². The molecular formula is C26H35ClN6O4Si. The Morgan fingerprint density at radius 1 is 1.18 bits per heavy atom. The number of H-pyrrole nitrogens is 1. The molecule has 10 nitrogen and oxygen atoms in total. The summed E-state index contributed by atoms with van der Waals surface area (Å²) in [6, 6.07) is 0.352. The second-order valence-electron chi connectivity index (χ2n) is 11.8. The number of rotatable bonds is 7. The predicted octanol–water partition coefficient (Wildman–Crippen LogP) is 4.06. The van der Waals surface area contributed by atoms with Crippen molar-refractivity contribution < 1.29 is 18.6 Å². The van der Waals surface area contributed by atoms with Crippen LogP contribution in [0.15, 0.2) is 18.9 Å². The molecule has 6 rings (SSSR count). The van der Waals surface area contributed by atoms with E-state index in [4.69, 9.17) is 35.2 Å². The number of allylic oxidation sites excluding steroid dienone is 1. The van der Waals surface area contributed by atoms with E-state index < -0.39 is 8.32 Å². The maximum Gasteiger partial charge on any atom is 0.296 e. The number of hydrogen-bond donors (Lipinski definition) is 2. The summed E-state index contributed by atoms with van der Waals surface area (Å²) < 4.78 is 26.9. The quantitative estimate of drug-likeness (QED) is 0.330. The molecule has 3 aliphatic heterocycles. The summed E-state index contributed by atoms with van der Waals surface area (Å²) in [5.41, 5.74) is 4.21. The molecule has 4 atom stereocenters. The molecule has 0 radical (unpaired) electrons. The van der Waals surface area contributed by atoms with Crippen molar-refractivity contribution in [1.29, 1.82) is 0 Å². The molecule has 2 saturated heterocycles. The molecule has 6 heterocycles. The Kier molecular flexibility index (Phi) is 6.44. The number of aromatic nitrogens is 5. The molecule has 2 fully saturated rings. The van der Waals surface area contributed by atoms with Gasteiger partial charge < -0.3 is 28.9 Å². The third-order valence-corrected chi connectivity index (χ3v) is 13.1. The molecule has 0 bridgehead atoms. The van der Waals surface area contributed by atoms with Gasteiger partial charge in [0.1, 0.15) is 12.2 Å². The number of pyridine rings is 1. The molecule has 3 aromatic heterocycles. The monoisotopic (exact) mass is 558 g/mol. The number of aromatic amines is 1. The fourth-order valence-electron chi connectivity index (χ4n) is 5.07. The lowest BCUT2D eigenvalue weighted by Gasteiger charge is -2.39. The van der Waals surface area contributed by atoms with Crippen molar-refractivity contribution in [2.45, 2.75) is 82.8 Å². The maximum atomic E-state index is 6.85. The van der Waals surface area contributed by atoms with Crippen LogP contribution in [0.2, 0.25) is 23.2 Å². The van der Waals surface area contributed by atoms with Crippen molar-refractivity contribution in [3.63, 3.8) is 0 Å². The number of hydrogen-bond acceptors (Lipinski definition) is 8. The highest BCUT2D eigenvalue weighted by molar-refractivity contribution is 6.74. The summed E-state index contributed by atoms with van der Waals surface area (Å²) >= 11 is 6.85. The first kappa shape index (κ1) is 26.0. The number of imidazole rings is 1. The molecule has 0 amide bonds. The van der Waals surface area contributed by atoms with Crippen molar-refractivity contribution in [3.05, 3.63) is 40.7 Å². The first-order valence-corrected chi connectivity index (χ1v) is 16.4. The normalized spacial score (nSPS) is 25.2. The average molecular weight is 559 g/mol. The number of nitrogens with zero attached hydrogens (tertiary/aromatic N) is 4. The minimum atomic E-state index is -1.96. The van der Waals surface area contributed by atoms with Crippen LogP contribution < -0.4 is 10.1 Å². The van der Waals surface area contributed by atoms with Crippen LogP contribution in [0.4, 0.5) is 0 Å². The van der Waals surface area contributed by atoms with Crippen molar-refractivity contribution >= 4 is 31.1 Å². The zero-order valence-corrected chi connectivity index (χ0v) is 24.3.